The largest absolute Gasteiger partial charge is 0.389 e. The van der Waals surface area contributed by atoms with Crippen molar-refractivity contribution in [1.82, 2.24) is 5.32 Å². The number of rotatable bonds is 5. The summed E-state index contributed by atoms with van der Waals surface area (Å²) in [5.74, 6) is -0.223. The smallest absolute Gasteiger partial charge is 0.216 e. The highest BCUT2D eigenvalue weighted by atomic mass is 32.5. The van der Waals surface area contributed by atoms with Gasteiger partial charge in [0.25, 0.3) is 0 Å². The fourth-order valence-corrected chi connectivity index (χ4v) is 1.18. The molecule has 0 saturated carbocycles. The van der Waals surface area contributed by atoms with Crippen LogP contribution in [0.1, 0.15) is 6.92 Å². The van der Waals surface area contributed by atoms with E-state index in [0.29, 0.717) is 0 Å². The molecule has 1 amide bonds. The van der Waals surface area contributed by atoms with Gasteiger partial charge in [0.05, 0.1) is 12.7 Å². The lowest BCUT2D eigenvalue weighted by Crippen LogP contribution is -2.32. The first-order chi connectivity index (χ1) is 5.81. The fourth-order valence-electron chi connectivity index (χ4n) is 0.545. The van der Waals surface area contributed by atoms with Crippen LogP contribution in [0.25, 0.3) is 0 Å². The van der Waals surface area contributed by atoms with Crippen molar-refractivity contribution in [3.8, 4) is 0 Å². The maximum atomic E-state index is 10.4. The van der Waals surface area contributed by atoms with Gasteiger partial charge in [-0.3, -0.25) is 4.79 Å². The second-order valence-corrected chi connectivity index (χ2v) is 6.59. The third kappa shape index (κ3) is 9.92. The number of hydrogen-bond donors (Lipinski definition) is 3. The molecule has 0 heterocycles. The summed E-state index contributed by atoms with van der Waals surface area (Å²) in [5, 5.41) is 11.6. The lowest BCUT2D eigenvalue weighted by Gasteiger charge is -2.14. The summed E-state index contributed by atoms with van der Waals surface area (Å²) < 4.78 is 4.80. The van der Waals surface area contributed by atoms with E-state index in [1.807, 2.05) is 0 Å². The molecule has 13 heavy (non-hydrogen) atoms. The quantitative estimate of drug-likeness (QED) is 0.548. The van der Waals surface area contributed by atoms with E-state index in [0.717, 1.165) is 0 Å². The standard InChI is InChI=1S/C6H14NO4PS/c1-5(8)7-3-6(9)4-11-12(2,10)13/h6,9H,3-4H2,1-2H3,(H,7,8)(H,10,13). The summed E-state index contributed by atoms with van der Waals surface area (Å²) in [6, 6.07) is 0. The molecular formula is C6H14NO4PS. The van der Waals surface area contributed by atoms with Crippen molar-refractivity contribution < 1.29 is 19.3 Å². The minimum Gasteiger partial charge on any atom is -0.389 e. The second kappa shape index (κ2) is 5.67. The molecular weight excluding hydrogens is 213 g/mol. The molecule has 2 atom stereocenters. The normalized spacial score (nSPS) is 17.5. The number of carbonyl (C=O) groups is 1. The summed E-state index contributed by atoms with van der Waals surface area (Å²) >= 11 is 4.58. The molecule has 0 aliphatic carbocycles. The highest BCUT2D eigenvalue weighted by Gasteiger charge is 2.10. The molecule has 0 saturated heterocycles. The van der Waals surface area contributed by atoms with Gasteiger partial charge in [-0.1, -0.05) is 0 Å². The molecule has 0 aromatic carbocycles. The Bertz CT molecular complexity index is 217. The monoisotopic (exact) mass is 227 g/mol. The zero-order chi connectivity index (χ0) is 10.5. The lowest BCUT2D eigenvalue weighted by molar-refractivity contribution is -0.119. The van der Waals surface area contributed by atoms with Gasteiger partial charge in [-0.15, -0.1) is 0 Å². The third-order valence-corrected chi connectivity index (χ3v) is 2.04. The SMILES string of the molecule is CC(=O)NCC(O)COP(C)(O)=S. The average Bonchev–Trinajstić information content (AvgIpc) is 1.95. The Labute approximate surface area is 82.3 Å². The number of nitrogens with one attached hydrogen (secondary N) is 1. The molecule has 0 aromatic rings. The Balaban J connectivity index is 3.58. The van der Waals surface area contributed by atoms with Crippen molar-refractivity contribution in [1.29, 1.82) is 0 Å². The van der Waals surface area contributed by atoms with Crippen LogP contribution >= 0.6 is 6.49 Å². The molecule has 0 aromatic heterocycles. The minimum atomic E-state index is -2.71. The Morgan fingerprint density at radius 3 is 2.69 bits per heavy atom. The second-order valence-electron chi connectivity index (χ2n) is 2.69. The first kappa shape index (κ1) is 13.0. The van der Waals surface area contributed by atoms with Crippen molar-refractivity contribution in [2.24, 2.45) is 0 Å². The van der Waals surface area contributed by atoms with E-state index < -0.39 is 12.6 Å². The number of aliphatic hydroxyl groups is 1. The molecule has 0 fully saturated rings. The van der Waals surface area contributed by atoms with Crippen LogP contribution in [0, 0.1) is 0 Å². The van der Waals surface area contributed by atoms with Gasteiger partial charge >= 0.3 is 0 Å². The Hall–Kier alpha value is -0.000000000000000111. The molecule has 0 spiro atoms. The van der Waals surface area contributed by atoms with Gasteiger partial charge in [-0.05, 0) is 11.8 Å². The molecule has 0 aliphatic heterocycles. The highest BCUT2D eigenvalue weighted by Crippen LogP contribution is 2.36. The van der Waals surface area contributed by atoms with Gasteiger partial charge in [-0.25, -0.2) is 0 Å². The van der Waals surface area contributed by atoms with Crippen LogP contribution in [0.2, 0.25) is 0 Å². The first-order valence-electron chi connectivity index (χ1n) is 3.68. The summed E-state index contributed by atoms with van der Waals surface area (Å²) in [5.41, 5.74) is 0. The van der Waals surface area contributed by atoms with Crippen LogP contribution in [-0.4, -0.2) is 41.8 Å². The Morgan fingerprint density at radius 1 is 1.77 bits per heavy atom. The maximum absolute atomic E-state index is 10.4. The van der Waals surface area contributed by atoms with Crippen LogP contribution in [0.5, 0.6) is 0 Å². The van der Waals surface area contributed by atoms with Crippen molar-refractivity contribution in [2.75, 3.05) is 19.8 Å². The van der Waals surface area contributed by atoms with Crippen molar-refractivity contribution >= 4 is 24.2 Å². The summed E-state index contributed by atoms with van der Waals surface area (Å²) in [6.07, 6.45) is -0.835. The number of hydrogen-bond acceptors (Lipinski definition) is 4. The summed E-state index contributed by atoms with van der Waals surface area (Å²) in [6.45, 7) is 0.0779. The van der Waals surface area contributed by atoms with E-state index in [1.54, 1.807) is 0 Å². The topological polar surface area (TPSA) is 78.8 Å². The Morgan fingerprint density at radius 2 is 2.31 bits per heavy atom. The summed E-state index contributed by atoms with van der Waals surface area (Å²) in [4.78, 5) is 19.5. The van der Waals surface area contributed by atoms with E-state index in [9.17, 15) is 9.90 Å². The van der Waals surface area contributed by atoms with Crippen molar-refractivity contribution in [3.63, 3.8) is 0 Å². The molecule has 5 nitrogen and oxygen atoms in total. The van der Waals surface area contributed by atoms with Crippen LogP contribution in [0.3, 0.4) is 0 Å². The molecule has 0 aliphatic rings. The zero-order valence-electron chi connectivity index (χ0n) is 7.56. The van der Waals surface area contributed by atoms with Crippen molar-refractivity contribution in [2.45, 2.75) is 13.0 Å². The number of carbonyl (C=O) groups excluding carboxylic acids is 1. The van der Waals surface area contributed by atoms with Crippen LogP contribution in [0.4, 0.5) is 0 Å². The molecule has 78 valence electrons. The number of amides is 1. The maximum Gasteiger partial charge on any atom is 0.216 e. The predicted molar refractivity (Wildman–Crippen MR) is 53.1 cm³/mol. The fraction of sp³-hybridized carbons (Fsp3) is 0.833. The van der Waals surface area contributed by atoms with E-state index in [2.05, 4.69) is 17.1 Å². The van der Waals surface area contributed by atoms with Gasteiger partial charge in [0.15, 0.2) is 6.49 Å². The predicted octanol–water partition coefficient (Wildman–Crippen LogP) is -0.568. The van der Waals surface area contributed by atoms with Gasteiger partial charge in [0.1, 0.15) is 0 Å². The zero-order valence-corrected chi connectivity index (χ0v) is 9.27. The molecule has 0 rings (SSSR count). The van der Waals surface area contributed by atoms with Gasteiger partial charge < -0.3 is 19.8 Å². The van der Waals surface area contributed by atoms with Crippen molar-refractivity contribution in [3.05, 3.63) is 0 Å². The average molecular weight is 227 g/mol. The van der Waals surface area contributed by atoms with Gasteiger partial charge in [0, 0.05) is 20.1 Å². The first-order valence-corrected chi connectivity index (χ1v) is 6.80. The van der Waals surface area contributed by atoms with E-state index >= 15 is 0 Å². The lowest BCUT2D eigenvalue weighted by atomic mass is 10.4. The summed E-state index contributed by atoms with van der Waals surface area (Å²) in [7, 11) is 0. The van der Waals surface area contributed by atoms with E-state index in [-0.39, 0.29) is 19.1 Å². The Kier molecular flexibility index (Phi) is 5.67. The van der Waals surface area contributed by atoms with Crippen LogP contribution in [0.15, 0.2) is 0 Å². The molecule has 7 heteroatoms. The van der Waals surface area contributed by atoms with Crippen LogP contribution in [-0.2, 0) is 21.1 Å². The molecule has 0 bridgehead atoms. The highest BCUT2D eigenvalue weighted by molar-refractivity contribution is 8.09. The molecule has 3 N–H and O–H groups in total. The molecule has 0 radical (unpaired) electrons. The minimum absolute atomic E-state index is 0.0649. The van der Waals surface area contributed by atoms with Gasteiger partial charge in [0.2, 0.25) is 5.91 Å². The van der Waals surface area contributed by atoms with Gasteiger partial charge in [-0.2, -0.15) is 0 Å². The van der Waals surface area contributed by atoms with Crippen LogP contribution < -0.4 is 5.32 Å². The van der Waals surface area contributed by atoms with E-state index in [4.69, 9.17) is 9.42 Å². The number of aliphatic hydroxyl groups excluding tert-OH is 1. The third-order valence-electron chi connectivity index (χ3n) is 1.09. The molecule has 2 unspecified atom stereocenters. The van der Waals surface area contributed by atoms with E-state index in [1.165, 1.54) is 13.6 Å².